The Kier molecular flexibility index (Phi) is 2.15. The molecule has 0 saturated carbocycles. The topological polar surface area (TPSA) is 61.8 Å². The maximum Gasteiger partial charge on any atom is 0.508 e. The number of fused-ring (bicyclic) bond motifs is 1. The summed E-state index contributed by atoms with van der Waals surface area (Å²) >= 11 is 0. The highest BCUT2D eigenvalue weighted by Gasteiger charge is 2.43. The lowest BCUT2D eigenvalue weighted by molar-refractivity contribution is -0.144. The van der Waals surface area contributed by atoms with E-state index in [2.05, 4.69) is 4.74 Å². The zero-order valence-electron chi connectivity index (χ0n) is 7.64. The standard InChI is InChI=1S/C9H10O5/c1-12-9(11)13-6-3-2-5-4-7(10)14-8(5)6/h2-3,5-6,8H,4H2,1H3/t5-,6+,8+/m0/s1. The van der Waals surface area contributed by atoms with Crippen LogP contribution in [-0.2, 0) is 19.0 Å². The van der Waals surface area contributed by atoms with Gasteiger partial charge in [-0.3, -0.25) is 4.79 Å². The summed E-state index contributed by atoms with van der Waals surface area (Å²) in [7, 11) is 1.24. The van der Waals surface area contributed by atoms with Crippen LogP contribution in [0.4, 0.5) is 4.79 Å². The molecule has 0 aromatic rings. The zero-order chi connectivity index (χ0) is 10.1. The van der Waals surface area contributed by atoms with Gasteiger partial charge in [-0.2, -0.15) is 0 Å². The molecule has 5 heteroatoms. The van der Waals surface area contributed by atoms with Crippen LogP contribution in [0.3, 0.4) is 0 Å². The SMILES string of the molecule is COC(=O)O[C@@H]1C=C[C@H]2CC(=O)O[C@H]21. The minimum absolute atomic E-state index is 0.0390. The van der Waals surface area contributed by atoms with Crippen molar-refractivity contribution >= 4 is 12.1 Å². The van der Waals surface area contributed by atoms with Gasteiger partial charge in [-0.25, -0.2) is 4.79 Å². The van der Waals surface area contributed by atoms with Crippen LogP contribution in [0.5, 0.6) is 0 Å². The molecule has 1 saturated heterocycles. The van der Waals surface area contributed by atoms with Gasteiger partial charge in [0, 0.05) is 5.92 Å². The molecule has 0 radical (unpaired) electrons. The highest BCUT2D eigenvalue weighted by Crippen LogP contribution is 2.33. The number of ether oxygens (including phenoxy) is 3. The Morgan fingerprint density at radius 2 is 2.36 bits per heavy atom. The fourth-order valence-electron chi connectivity index (χ4n) is 1.71. The average Bonchev–Trinajstić information content (AvgIpc) is 2.67. The summed E-state index contributed by atoms with van der Waals surface area (Å²) in [6, 6.07) is 0. The van der Waals surface area contributed by atoms with E-state index in [1.807, 2.05) is 6.08 Å². The molecule has 0 unspecified atom stereocenters. The van der Waals surface area contributed by atoms with E-state index in [0.717, 1.165) is 0 Å². The van der Waals surface area contributed by atoms with Crippen LogP contribution in [-0.4, -0.2) is 31.4 Å². The molecule has 1 aliphatic carbocycles. The van der Waals surface area contributed by atoms with Crippen LogP contribution in [0.1, 0.15) is 6.42 Å². The Morgan fingerprint density at radius 3 is 3.07 bits per heavy atom. The summed E-state index contributed by atoms with van der Waals surface area (Å²) in [5.74, 6) is -0.208. The lowest BCUT2D eigenvalue weighted by atomic mass is 10.1. The minimum atomic E-state index is -0.761. The van der Waals surface area contributed by atoms with Gasteiger partial charge in [0.15, 0.2) is 6.10 Å². The van der Waals surface area contributed by atoms with Gasteiger partial charge in [0.1, 0.15) is 6.10 Å². The predicted molar refractivity (Wildman–Crippen MR) is 44.4 cm³/mol. The van der Waals surface area contributed by atoms with Crippen molar-refractivity contribution in [1.82, 2.24) is 0 Å². The second-order valence-corrected chi connectivity index (χ2v) is 3.24. The van der Waals surface area contributed by atoms with Crippen LogP contribution >= 0.6 is 0 Å². The van der Waals surface area contributed by atoms with Crippen LogP contribution in [0, 0.1) is 5.92 Å². The quantitative estimate of drug-likeness (QED) is 0.457. The van der Waals surface area contributed by atoms with Crippen molar-refractivity contribution in [3.8, 4) is 0 Å². The van der Waals surface area contributed by atoms with Crippen LogP contribution in [0.15, 0.2) is 12.2 Å². The van der Waals surface area contributed by atoms with Gasteiger partial charge < -0.3 is 14.2 Å². The molecule has 0 amide bonds. The third-order valence-corrected chi connectivity index (χ3v) is 2.36. The second-order valence-electron chi connectivity index (χ2n) is 3.24. The molecule has 1 fully saturated rings. The molecule has 2 aliphatic rings. The molecule has 76 valence electrons. The van der Waals surface area contributed by atoms with Crippen molar-refractivity contribution in [2.24, 2.45) is 5.92 Å². The first-order valence-electron chi connectivity index (χ1n) is 4.33. The van der Waals surface area contributed by atoms with Gasteiger partial charge in [-0.15, -0.1) is 0 Å². The second kappa shape index (κ2) is 3.32. The first-order valence-corrected chi connectivity index (χ1v) is 4.33. The van der Waals surface area contributed by atoms with Gasteiger partial charge in [0.05, 0.1) is 13.5 Å². The van der Waals surface area contributed by atoms with Gasteiger partial charge >= 0.3 is 12.1 Å². The third-order valence-electron chi connectivity index (χ3n) is 2.36. The summed E-state index contributed by atoms with van der Waals surface area (Å²) < 4.78 is 14.3. The molecule has 1 aliphatic heterocycles. The van der Waals surface area contributed by atoms with Gasteiger partial charge in [-0.05, 0) is 6.08 Å². The highest BCUT2D eigenvalue weighted by atomic mass is 16.7. The maximum absolute atomic E-state index is 10.9. The van der Waals surface area contributed by atoms with E-state index >= 15 is 0 Å². The van der Waals surface area contributed by atoms with E-state index in [0.29, 0.717) is 6.42 Å². The largest absolute Gasteiger partial charge is 0.508 e. The maximum atomic E-state index is 10.9. The van der Waals surface area contributed by atoms with Crippen molar-refractivity contribution in [2.75, 3.05) is 7.11 Å². The third kappa shape index (κ3) is 1.45. The summed E-state index contributed by atoms with van der Waals surface area (Å²) in [5, 5.41) is 0. The zero-order valence-corrected chi connectivity index (χ0v) is 7.64. The van der Waals surface area contributed by atoms with Crippen LogP contribution in [0.2, 0.25) is 0 Å². The molecule has 0 spiro atoms. The van der Waals surface area contributed by atoms with E-state index in [4.69, 9.17) is 9.47 Å². The van der Waals surface area contributed by atoms with Crippen molar-refractivity contribution in [3.63, 3.8) is 0 Å². The number of carbonyl (C=O) groups excluding carboxylic acids is 2. The number of esters is 1. The normalized spacial score (nSPS) is 33.8. The first kappa shape index (κ1) is 9.05. The van der Waals surface area contributed by atoms with Crippen molar-refractivity contribution in [2.45, 2.75) is 18.6 Å². The van der Waals surface area contributed by atoms with Crippen molar-refractivity contribution < 1.29 is 23.8 Å². The van der Waals surface area contributed by atoms with E-state index in [9.17, 15) is 9.59 Å². The van der Waals surface area contributed by atoms with Gasteiger partial charge in [0.25, 0.3) is 0 Å². The number of rotatable bonds is 1. The Morgan fingerprint density at radius 1 is 1.57 bits per heavy atom. The highest BCUT2D eigenvalue weighted by molar-refractivity contribution is 5.73. The smallest absolute Gasteiger partial charge is 0.457 e. The number of methoxy groups -OCH3 is 1. The molecule has 0 N–H and O–H groups in total. The summed E-state index contributed by atoms with van der Waals surface area (Å²) in [6.07, 6.45) is 2.30. The van der Waals surface area contributed by atoms with Gasteiger partial charge in [-0.1, -0.05) is 6.08 Å². The van der Waals surface area contributed by atoms with E-state index in [-0.39, 0.29) is 18.0 Å². The van der Waals surface area contributed by atoms with Crippen molar-refractivity contribution in [1.29, 1.82) is 0 Å². The van der Waals surface area contributed by atoms with Crippen molar-refractivity contribution in [3.05, 3.63) is 12.2 Å². The Bertz CT molecular complexity index is 296. The molecule has 0 aromatic heterocycles. The molecule has 2 rings (SSSR count). The van der Waals surface area contributed by atoms with Gasteiger partial charge in [0.2, 0.25) is 0 Å². The summed E-state index contributed by atoms with van der Waals surface area (Å²) in [4.78, 5) is 21.7. The molecule has 5 nitrogen and oxygen atoms in total. The predicted octanol–water partition coefficient (Wildman–Crippen LogP) is 0.639. The lowest BCUT2D eigenvalue weighted by Gasteiger charge is -2.16. The summed E-state index contributed by atoms with van der Waals surface area (Å²) in [6.45, 7) is 0. The number of carbonyl (C=O) groups is 2. The molecule has 0 aromatic carbocycles. The fourth-order valence-corrected chi connectivity index (χ4v) is 1.71. The van der Waals surface area contributed by atoms with Crippen LogP contribution < -0.4 is 0 Å². The summed E-state index contributed by atoms with van der Waals surface area (Å²) in [5.41, 5.74) is 0. The fraction of sp³-hybridized carbons (Fsp3) is 0.556. The Labute approximate surface area is 80.6 Å². The Balaban J connectivity index is 1.99. The minimum Gasteiger partial charge on any atom is -0.457 e. The first-order chi connectivity index (χ1) is 6.70. The number of hydrogen-bond donors (Lipinski definition) is 0. The van der Waals surface area contributed by atoms with E-state index < -0.39 is 12.3 Å². The molecule has 14 heavy (non-hydrogen) atoms. The van der Waals surface area contributed by atoms with E-state index in [1.165, 1.54) is 7.11 Å². The van der Waals surface area contributed by atoms with Crippen LogP contribution in [0.25, 0.3) is 0 Å². The average molecular weight is 198 g/mol. The number of hydrogen-bond acceptors (Lipinski definition) is 5. The lowest BCUT2D eigenvalue weighted by Crippen LogP contribution is -2.29. The molecule has 1 heterocycles. The molecular formula is C9H10O5. The molecular weight excluding hydrogens is 188 g/mol. The van der Waals surface area contributed by atoms with E-state index in [1.54, 1.807) is 6.08 Å². The monoisotopic (exact) mass is 198 g/mol. The molecule has 3 atom stereocenters. The Hall–Kier alpha value is -1.52. The molecule has 0 bridgehead atoms.